The Morgan fingerprint density at radius 2 is 1.53 bits per heavy atom. The highest BCUT2D eigenvalue weighted by Gasteiger charge is 2.42. The first kappa shape index (κ1) is 39.8. The Morgan fingerprint density at radius 3 is 2.07 bits per heavy atom. The standard InChI is InChI=1S/C31H50N4O7.C3H8/c1-8-12-22(25(37)27(39)32-17-16-21(36)19-30(2,3)4)33-26(38)23-15-11-18-35(23)28(40)24(20-13-9-10-14-20)34-29(41)42-31(5,6)7;1-3-2/h8,20,22-24H,1,9-19H2,2-7H3,(H,32,39)(H,33,38)(H,34,41);3H2,1-2H3/t22?,23-,24-;/m0./s1. The van der Waals surface area contributed by atoms with E-state index in [1.165, 1.54) is 17.4 Å². The van der Waals surface area contributed by atoms with Gasteiger partial charge in [0.1, 0.15) is 29.5 Å². The van der Waals surface area contributed by atoms with Crippen LogP contribution in [0.25, 0.3) is 0 Å². The van der Waals surface area contributed by atoms with Crippen LogP contribution >= 0.6 is 0 Å². The zero-order valence-corrected chi connectivity index (χ0v) is 28.9. The number of hydrogen-bond acceptors (Lipinski definition) is 7. The molecule has 1 heterocycles. The normalized spacial score (nSPS) is 18.1. The number of ketones is 2. The lowest BCUT2D eigenvalue weighted by molar-refractivity contribution is -0.143. The molecule has 3 atom stereocenters. The Hall–Kier alpha value is -3.24. The van der Waals surface area contributed by atoms with E-state index in [1.54, 1.807) is 20.8 Å². The lowest BCUT2D eigenvalue weighted by atomic mass is 9.89. The van der Waals surface area contributed by atoms with Gasteiger partial charge in [0.15, 0.2) is 0 Å². The number of ether oxygens (including phenoxy) is 1. The first-order valence-electron chi connectivity index (χ1n) is 16.5. The zero-order valence-electron chi connectivity index (χ0n) is 28.9. The van der Waals surface area contributed by atoms with Crippen molar-refractivity contribution in [2.24, 2.45) is 11.3 Å². The molecular weight excluding hydrogens is 576 g/mol. The van der Waals surface area contributed by atoms with Crippen LogP contribution in [0.2, 0.25) is 0 Å². The quantitative estimate of drug-likeness (QED) is 0.198. The summed E-state index contributed by atoms with van der Waals surface area (Å²) in [5.41, 5.74) is -0.904. The minimum absolute atomic E-state index is 0.0192. The molecule has 3 N–H and O–H groups in total. The van der Waals surface area contributed by atoms with Crippen LogP contribution in [-0.2, 0) is 28.7 Å². The fraction of sp³-hybridized carbons (Fsp3) is 0.765. The van der Waals surface area contributed by atoms with Gasteiger partial charge in [-0.05, 0) is 64.2 Å². The Morgan fingerprint density at radius 1 is 0.933 bits per heavy atom. The number of alkyl carbamates (subject to hydrolysis) is 1. The average molecular weight is 635 g/mol. The Bertz CT molecular complexity index is 1040. The first-order valence-corrected chi connectivity index (χ1v) is 16.5. The molecule has 2 rings (SSSR count). The van der Waals surface area contributed by atoms with Crippen LogP contribution in [0.5, 0.6) is 0 Å². The summed E-state index contributed by atoms with van der Waals surface area (Å²) in [6.07, 6.45) is 6.91. The second-order valence-electron chi connectivity index (χ2n) is 14.3. The maximum atomic E-state index is 13.8. The van der Waals surface area contributed by atoms with E-state index in [-0.39, 0.29) is 42.4 Å². The monoisotopic (exact) mass is 634 g/mol. The molecule has 0 bridgehead atoms. The topological polar surface area (TPSA) is 151 Å². The van der Waals surface area contributed by atoms with Crippen molar-refractivity contribution in [2.75, 3.05) is 13.1 Å². The van der Waals surface area contributed by atoms with Crippen LogP contribution in [-0.4, -0.2) is 77.1 Å². The molecule has 11 nitrogen and oxygen atoms in total. The van der Waals surface area contributed by atoms with Crippen LogP contribution in [0, 0.1) is 11.3 Å². The lowest BCUT2D eigenvalue weighted by Gasteiger charge is -2.32. The van der Waals surface area contributed by atoms with Crippen molar-refractivity contribution in [3.05, 3.63) is 12.7 Å². The number of hydrogen-bond donors (Lipinski definition) is 3. The number of amides is 4. The van der Waals surface area contributed by atoms with Crippen LogP contribution in [0.4, 0.5) is 4.79 Å². The van der Waals surface area contributed by atoms with E-state index in [4.69, 9.17) is 4.74 Å². The van der Waals surface area contributed by atoms with Gasteiger partial charge in [-0.1, -0.05) is 60.0 Å². The molecule has 4 amide bonds. The van der Waals surface area contributed by atoms with Gasteiger partial charge in [0.2, 0.25) is 17.6 Å². The average Bonchev–Trinajstić information content (AvgIpc) is 3.62. The summed E-state index contributed by atoms with van der Waals surface area (Å²) in [6, 6.07) is -2.84. The summed E-state index contributed by atoms with van der Waals surface area (Å²) in [7, 11) is 0. The SMILES string of the molecule is C=CCC(NC(=O)[C@@H]1CCCN1C(=O)[C@@H](NC(=O)OC(C)(C)C)C1CCCC1)C(=O)C(=O)NCCC(=O)CC(C)(C)C.CCC. The molecule has 0 aromatic carbocycles. The van der Waals surface area contributed by atoms with Gasteiger partial charge in [-0.15, -0.1) is 6.58 Å². The van der Waals surface area contributed by atoms with Crippen LogP contribution in [0.3, 0.4) is 0 Å². The number of nitrogens with zero attached hydrogens (tertiary/aromatic N) is 1. The number of likely N-dealkylation sites (tertiary alicyclic amines) is 1. The molecule has 2 fully saturated rings. The molecular formula is C34H58N4O7. The van der Waals surface area contributed by atoms with E-state index in [0.29, 0.717) is 25.8 Å². The van der Waals surface area contributed by atoms with Gasteiger partial charge in [0.05, 0.1) is 0 Å². The van der Waals surface area contributed by atoms with Gasteiger partial charge in [0, 0.05) is 25.9 Å². The Balaban J connectivity index is 0.00000324. The summed E-state index contributed by atoms with van der Waals surface area (Å²) in [5, 5.41) is 7.88. The van der Waals surface area contributed by atoms with Crippen molar-refractivity contribution in [1.82, 2.24) is 20.9 Å². The third-order valence-corrected chi connectivity index (χ3v) is 7.32. The first-order chi connectivity index (χ1) is 20.9. The summed E-state index contributed by atoms with van der Waals surface area (Å²) < 4.78 is 5.40. The Kier molecular flexibility index (Phi) is 16.5. The van der Waals surface area contributed by atoms with E-state index in [1.807, 2.05) is 20.8 Å². The molecule has 1 saturated heterocycles. The highest BCUT2D eigenvalue weighted by atomic mass is 16.6. The summed E-state index contributed by atoms with van der Waals surface area (Å²) in [4.78, 5) is 78.8. The molecule has 0 radical (unpaired) electrons. The summed E-state index contributed by atoms with van der Waals surface area (Å²) >= 11 is 0. The molecule has 1 aliphatic carbocycles. The highest BCUT2D eigenvalue weighted by molar-refractivity contribution is 6.38. The van der Waals surface area contributed by atoms with E-state index >= 15 is 0 Å². The van der Waals surface area contributed by atoms with E-state index < -0.39 is 47.4 Å². The molecule has 0 aromatic rings. The number of Topliss-reactive ketones (excluding diaryl/α,β-unsaturated/α-hetero) is 2. The predicted molar refractivity (Wildman–Crippen MR) is 174 cm³/mol. The fourth-order valence-corrected chi connectivity index (χ4v) is 5.49. The lowest BCUT2D eigenvalue weighted by Crippen LogP contribution is -2.57. The molecule has 1 aliphatic heterocycles. The van der Waals surface area contributed by atoms with Crippen molar-refractivity contribution in [3.8, 4) is 0 Å². The van der Waals surface area contributed by atoms with E-state index in [9.17, 15) is 28.8 Å². The molecule has 2 aliphatic rings. The van der Waals surface area contributed by atoms with Gasteiger partial charge in [0.25, 0.3) is 5.91 Å². The molecule has 1 unspecified atom stereocenters. The number of rotatable bonds is 13. The van der Waals surface area contributed by atoms with Crippen LogP contribution in [0.15, 0.2) is 12.7 Å². The predicted octanol–water partition coefficient (Wildman–Crippen LogP) is 4.62. The maximum absolute atomic E-state index is 13.8. The van der Waals surface area contributed by atoms with Crippen LogP contribution in [0.1, 0.15) is 120 Å². The van der Waals surface area contributed by atoms with Crippen molar-refractivity contribution in [3.63, 3.8) is 0 Å². The molecule has 11 heteroatoms. The number of nitrogens with one attached hydrogen (secondary N) is 3. The highest BCUT2D eigenvalue weighted by Crippen LogP contribution is 2.30. The van der Waals surface area contributed by atoms with Gasteiger partial charge < -0.3 is 25.6 Å². The largest absolute Gasteiger partial charge is 0.444 e. The summed E-state index contributed by atoms with van der Waals surface area (Å²) in [5.74, 6) is -2.73. The maximum Gasteiger partial charge on any atom is 0.408 e. The third-order valence-electron chi connectivity index (χ3n) is 7.32. The van der Waals surface area contributed by atoms with Crippen molar-refractivity contribution in [2.45, 2.75) is 143 Å². The zero-order chi connectivity index (χ0) is 34.4. The summed E-state index contributed by atoms with van der Waals surface area (Å²) in [6.45, 7) is 19.3. The molecule has 0 aromatic heterocycles. The van der Waals surface area contributed by atoms with Crippen molar-refractivity contribution >= 4 is 35.4 Å². The minimum atomic E-state index is -1.16. The molecule has 45 heavy (non-hydrogen) atoms. The van der Waals surface area contributed by atoms with Gasteiger partial charge in [-0.2, -0.15) is 0 Å². The van der Waals surface area contributed by atoms with Crippen molar-refractivity contribution in [1.29, 1.82) is 0 Å². The van der Waals surface area contributed by atoms with Gasteiger partial charge in [-0.25, -0.2) is 4.79 Å². The minimum Gasteiger partial charge on any atom is -0.444 e. The van der Waals surface area contributed by atoms with E-state index in [2.05, 4.69) is 36.4 Å². The van der Waals surface area contributed by atoms with Gasteiger partial charge in [-0.3, -0.25) is 24.0 Å². The smallest absolute Gasteiger partial charge is 0.408 e. The van der Waals surface area contributed by atoms with E-state index in [0.717, 1.165) is 25.7 Å². The second-order valence-corrected chi connectivity index (χ2v) is 14.3. The third kappa shape index (κ3) is 14.6. The molecule has 0 spiro atoms. The van der Waals surface area contributed by atoms with Crippen LogP contribution < -0.4 is 16.0 Å². The van der Waals surface area contributed by atoms with Crippen molar-refractivity contribution < 1.29 is 33.5 Å². The molecule has 256 valence electrons. The number of carbonyl (C=O) groups excluding carboxylic acids is 6. The fourth-order valence-electron chi connectivity index (χ4n) is 5.49. The molecule has 1 saturated carbocycles. The van der Waals surface area contributed by atoms with Gasteiger partial charge >= 0.3 is 6.09 Å². The Labute approximate surface area is 270 Å². The second kappa shape index (κ2) is 18.7. The number of carbonyl (C=O) groups is 6.